The molecule has 0 bridgehead atoms. The van der Waals surface area contributed by atoms with Crippen LogP contribution in [0.1, 0.15) is 9.67 Å². The third-order valence-electron chi connectivity index (χ3n) is 1.98. The second-order valence-corrected chi connectivity index (χ2v) is 4.73. The van der Waals surface area contributed by atoms with Crippen LogP contribution < -0.4 is 0 Å². The van der Waals surface area contributed by atoms with Crippen molar-refractivity contribution in [3.63, 3.8) is 0 Å². The number of fused-ring (bicyclic) bond motifs is 1. The highest BCUT2D eigenvalue weighted by Gasteiger charge is 2.08. The van der Waals surface area contributed by atoms with Gasteiger partial charge >= 0.3 is 0 Å². The topological polar surface area (TPSA) is 37.3 Å². The minimum Gasteiger partial charge on any atom is -0.505 e. The van der Waals surface area contributed by atoms with Crippen LogP contribution in [-0.4, -0.2) is 17.6 Å². The van der Waals surface area contributed by atoms with E-state index in [2.05, 4.69) is 0 Å². The molecule has 0 radical (unpaired) electrons. The maximum Gasteiger partial charge on any atom is 0.160 e. The molecular formula is C10H8O2S2. The van der Waals surface area contributed by atoms with Crippen molar-refractivity contribution in [2.75, 3.05) is 6.26 Å². The van der Waals surface area contributed by atoms with Gasteiger partial charge in [-0.15, -0.1) is 23.1 Å². The average molecular weight is 224 g/mol. The second kappa shape index (κ2) is 3.63. The van der Waals surface area contributed by atoms with Crippen molar-refractivity contribution in [3.05, 3.63) is 23.1 Å². The molecule has 1 heterocycles. The predicted molar refractivity (Wildman–Crippen MR) is 60.7 cm³/mol. The van der Waals surface area contributed by atoms with Gasteiger partial charge in [-0.2, -0.15) is 0 Å². The highest BCUT2D eigenvalue weighted by atomic mass is 32.2. The smallest absolute Gasteiger partial charge is 0.160 e. The molecule has 4 heteroatoms. The molecule has 0 aliphatic rings. The average Bonchev–Trinajstić information content (AvgIpc) is 2.62. The number of thioether (sulfide) groups is 1. The standard InChI is InChI=1S/C10H8O2S2/c1-13-8-3-2-6-4-7(5-11)14-10(6)9(8)12/h2-5,12H,1H3. The molecule has 0 amide bonds. The van der Waals surface area contributed by atoms with E-state index >= 15 is 0 Å². The van der Waals surface area contributed by atoms with Gasteiger partial charge in [-0.25, -0.2) is 0 Å². The zero-order chi connectivity index (χ0) is 10.1. The van der Waals surface area contributed by atoms with Crippen molar-refractivity contribution in [1.29, 1.82) is 0 Å². The van der Waals surface area contributed by atoms with Crippen LogP contribution in [0.15, 0.2) is 23.1 Å². The Balaban J connectivity index is 2.74. The van der Waals surface area contributed by atoms with Gasteiger partial charge in [0.15, 0.2) is 6.29 Å². The maximum atomic E-state index is 10.6. The van der Waals surface area contributed by atoms with E-state index in [1.165, 1.54) is 23.1 Å². The molecule has 1 aromatic heterocycles. The van der Waals surface area contributed by atoms with Gasteiger partial charge in [0, 0.05) is 0 Å². The van der Waals surface area contributed by atoms with E-state index in [0.29, 0.717) is 4.88 Å². The van der Waals surface area contributed by atoms with Crippen LogP contribution in [-0.2, 0) is 0 Å². The summed E-state index contributed by atoms with van der Waals surface area (Å²) in [5.41, 5.74) is 0. The molecule has 2 aromatic rings. The van der Waals surface area contributed by atoms with Gasteiger partial charge in [-0.05, 0) is 23.8 Å². The van der Waals surface area contributed by atoms with Gasteiger partial charge in [-0.1, -0.05) is 6.07 Å². The Hall–Kier alpha value is -1.00. The molecule has 0 spiro atoms. The van der Waals surface area contributed by atoms with Crippen LogP contribution in [0.4, 0.5) is 0 Å². The Bertz CT molecular complexity index is 488. The van der Waals surface area contributed by atoms with Crippen LogP contribution in [0.2, 0.25) is 0 Å². The lowest BCUT2D eigenvalue weighted by Crippen LogP contribution is -1.71. The molecule has 1 N–H and O–H groups in total. The minimum atomic E-state index is 0.285. The zero-order valence-corrected chi connectivity index (χ0v) is 9.11. The fourth-order valence-corrected chi connectivity index (χ4v) is 2.80. The lowest BCUT2D eigenvalue weighted by atomic mass is 10.2. The first-order valence-corrected chi connectivity index (χ1v) is 6.05. The molecule has 0 aliphatic heterocycles. The molecule has 0 atom stereocenters. The van der Waals surface area contributed by atoms with Crippen LogP contribution in [0.3, 0.4) is 0 Å². The number of carbonyl (C=O) groups is 1. The van der Waals surface area contributed by atoms with Crippen molar-refractivity contribution in [3.8, 4) is 5.75 Å². The van der Waals surface area contributed by atoms with Crippen molar-refractivity contribution in [2.45, 2.75) is 4.90 Å². The number of phenolic OH excluding ortho intramolecular Hbond substituents is 1. The highest BCUT2D eigenvalue weighted by molar-refractivity contribution is 7.98. The zero-order valence-electron chi connectivity index (χ0n) is 7.48. The predicted octanol–water partition coefficient (Wildman–Crippen LogP) is 3.14. The number of hydrogen-bond donors (Lipinski definition) is 1. The van der Waals surface area contributed by atoms with Crippen molar-refractivity contribution in [2.24, 2.45) is 0 Å². The summed E-state index contributed by atoms with van der Waals surface area (Å²) < 4.78 is 0.791. The van der Waals surface area contributed by atoms with Gasteiger partial charge in [0.25, 0.3) is 0 Å². The lowest BCUT2D eigenvalue weighted by Gasteiger charge is -2.00. The molecule has 14 heavy (non-hydrogen) atoms. The first-order valence-electron chi connectivity index (χ1n) is 4.01. The number of phenols is 1. The Morgan fingerprint density at radius 2 is 2.29 bits per heavy atom. The summed E-state index contributed by atoms with van der Waals surface area (Å²) in [4.78, 5) is 12.1. The summed E-state index contributed by atoms with van der Waals surface area (Å²) in [6.45, 7) is 0. The number of aldehydes is 1. The third-order valence-corrected chi connectivity index (χ3v) is 3.83. The molecule has 2 rings (SSSR count). The SMILES string of the molecule is CSc1ccc2cc(C=O)sc2c1O. The molecule has 1 aromatic carbocycles. The van der Waals surface area contributed by atoms with E-state index in [0.717, 1.165) is 21.3 Å². The fraction of sp³-hybridized carbons (Fsp3) is 0.100. The quantitative estimate of drug-likeness (QED) is 0.629. The Labute approximate surface area is 89.6 Å². The van der Waals surface area contributed by atoms with E-state index in [1.807, 2.05) is 18.4 Å². The van der Waals surface area contributed by atoms with Gasteiger partial charge in [0.2, 0.25) is 0 Å². The van der Waals surface area contributed by atoms with Crippen LogP contribution in [0.25, 0.3) is 10.1 Å². The van der Waals surface area contributed by atoms with Gasteiger partial charge in [0.05, 0.1) is 14.5 Å². The van der Waals surface area contributed by atoms with Gasteiger partial charge in [-0.3, -0.25) is 4.79 Å². The van der Waals surface area contributed by atoms with Crippen LogP contribution >= 0.6 is 23.1 Å². The van der Waals surface area contributed by atoms with E-state index in [-0.39, 0.29) is 5.75 Å². The summed E-state index contributed by atoms with van der Waals surface area (Å²) in [7, 11) is 0. The van der Waals surface area contributed by atoms with Crippen molar-refractivity contribution < 1.29 is 9.90 Å². The minimum absolute atomic E-state index is 0.285. The monoisotopic (exact) mass is 224 g/mol. The number of hydrogen-bond acceptors (Lipinski definition) is 4. The number of carbonyl (C=O) groups excluding carboxylic acids is 1. The molecular weight excluding hydrogens is 216 g/mol. The molecule has 0 saturated heterocycles. The fourth-order valence-electron chi connectivity index (χ4n) is 1.31. The largest absolute Gasteiger partial charge is 0.505 e. The maximum absolute atomic E-state index is 10.6. The molecule has 0 fully saturated rings. The summed E-state index contributed by atoms with van der Waals surface area (Å²) in [6, 6.07) is 5.57. The van der Waals surface area contributed by atoms with Crippen molar-refractivity contribution >= 4 is 39.5 Å². The second-order valence-electron chi connectivity index (χ2n) is 2.80. The molecule has 0 aliphatic carbocycles. The summed E-state index contributed by atoms with van der Waals surface area (Å²) >= 11 is 2.82. The Morgan fingerprint density at radius 1 is 1.50 bits per heavy atom. The molecule has 72 valence electrons. The van der Waals surface area contributed by atoms with Crippen molar-refractivity contribution in [1.82, 2.24) is 0 Å². The lowest BCUT2D eigenvalue weighted by molar-refractivity contribution is 0.112. The molecule has 0 saturated carbocycles. The number of benzene rings is 1. The first kappa shape index (κ1) is 9.55. The first-order chi connectivity index (χ1) is 6.76. The van der Waals surface area contributed by atoms with E-state index < -0.39 is 0 Å². The van der Waals surface area contributed by atoms with Gasteiger partial charge in [0.1, 0.15) is 5.75 Å². The number of thiophene rings is 1. The molecule has 2 nitrogen and oxygen atoms in total. The van der Waals surface area contributed by atoms with Crippen LogP contribution in [0.5, 0.6) is 5.75 Å². The van der Waals surface area contributed by atoms with E-state index in [4.69, 9.17) is 0 Å². The summed E-state index contributed by atoms with van der Waals surface area (Å²) in [5.74, 6) is 0.285. The normalized spacial score (nSPS) is 10.6. The number of aromatic hydroxyl groups is 1. The summed E-state index contributed by atoms with van der Waals surface area (Å²) in [5, 5.41) is 10.8. The number of rotatable bonds is 2. The van der Waals surface area contributed by atoms with E-state index in [1.54, 1.807) is 6.07 Å². The molecule has 0 unspecified atom stereocenters. The van der Waals surface area contributed by atoms with E-state index in [9.17, 15) is 9.90 Å². The Morgan fingerprint density at radius 3 is 2.93 bits per heavy atom. The Kier molecular flexibility index (Phi) is 2.48. The summed E-state index contributed by atoms with van der Waals surface area (Å²) in [6.07, 6.45) is 2.72. The third kappa shape index (κ3) is 1.40. The highest BCUT2D eigenvalue weighted by Crippen LogP contribution is 2.38. The van der Waals surface area contributed by atoms with Gasteiger partial charge < -0.3 is 5.11 Å². The van der Waals surface area contributed by atoms with Crippen LogP contribution in [0, 0.1) is 0 Å².